The molecule has 9 rings (SSSR count). The van der Waals surface area contributed by atoms with E-state index < -0.39 is 0 Å². The molecule has 0 bridgehead atoms. The molecule has 1 N–H and O–H groups in total. The molecule has 0 saturated heterocycles. The molecule has 8 aromatic rings. The lowest BCUT2D eigenvalue weighted by atomic mass is 9.87. The van der Waals surface area contributed by atoms with Crippen molar-refractivity contribution in [2.75, 3.05) is 0 Å². The van der Waals surface area contributed by atoms with Crippen LogP contribution in [-0.2, 0) is 0 Å². The Hall–Kier alpha value is -6.76. The number of nitrogens with one attached hydrogen (secondary N) is 1. The van der Waals surface area contributed by atoms with Gasteiger partial charge in [-0.05, 0) is 71.5 Å². The van der Waals surface area contributed by atoms with Gasteiger partial charge in [-0.25, -0.2) is 19.3 Å². The highest BCUT2D eigenvalue weighted by Crippen LogP contribution is 2.37. The minimum atomic E-state index is 0.321. The smallest absolute Gasteiger partial charge is 0.160 e. The number of fused-ring (bicyclic) bond motifs is 3. The van der Waals surface area contributed by atoms with Crippen LogP contribution in [0.25, 0.3) is 84.4 Å². The Balaban J connectivity index is 1.17. The van der Waals surface area contributed by atoms with Gasteiger partial charge >= 0.3 is 0 Å². The van der Waals surface area contributed by atoms with Crippen molar-refractivity contribution in [3.63, 3.8) is 0 Å². The summed E-state index contributed by atoms with van der Waals surface area (Å²) in [5.41, 5.74) is 14.3. The summed E-state index contributed by atoms with van der Waals surface area (Å²) < 4.78 is 4.25. The summed E-state index contributed by atoms with van der Waals surface area (Å²) in [7, 11) is 0. The van der Waals surface area contributed by atoms with Crippen molar-refractivity contribution in [1.82, 2.24) is 15.0 Å². The predicted octanol–water partition coefficient (Wildman–Crippen LogP) is 11.7. The Labute approximate surface area is 313 Å². The highest BCUT2D eigenvalue weighted by molar-refractivity contribution is 7.79. The molecule has 1 aliphatic rings. The first-order chi connectivity index (χ1) is 26.1. The summed E-state index contributed by atoms with van der Waals surface area (Å²) in [6, 6.07) is 56.0. The van der Waals surface area contributed by atoms with Gasteiger partial charge in [0.25, 0.3) is 0 Å². The second-order valence-electron chi connectivity index (χ2n) is 12.9. The second-order valence-corrected chi connectivity index (χ2v) is 13.1. The van der Waals surface area contributed by atoms with Gasteiger partial charge in [0, 0.05) is 38.8 Å². The average Bonchev–Trinajstić information content (AvgIpc) is 3.24. The molecule has 5 nitrogen and oxygen atoms in total. The molecule has 0 spiro atoms. The number of nitrogens with zero attached hydrogens (tertiary/aromatic N) is 4. The Bertz CT molecular complexity index is 2740. The maximum Gasteiger partial charge on any atom is 0.160 e. The molecule has 0 amide bonds. The van der Waals surface area contributed by atoms with Gasteiger partial charge in [-0.3, -0.25) is 5.41 Å². The van der Waals surface area contributed by atoms with Crippen LogP contribution in [0.5, 0.6) is 0 Å². The molecule has 0 atom stereocenters. The van der Waals surface area contributed by atoms with Crippen molar-refractivity contribution in [2.24, 2.45) is 4.40 Å². The molecule has 6 aromatic carbocycles. The zero-order valence-electron chi connectivity index (χ0n) is 28.5. The van der Waals surface area contributed by atoms with E-state index in [0.29, 0.717) is 17.2 Å². The van der Waals surface area contributed by atoms with Gasteiger partial charge in [0.2, 0.25) is 0 Å². The van der Waals surface area contributed by atoms with Crippen LogP contribution < -0.4 is 0 Å². The normalized spacial score (nSPS) is 13.0. The van der Waals surface area contributed by atoms with E-state index in [1.54, 1.807) is 6.08 Å². The third-order valence-corrected chi connectivity index (χ3v) is 9.79. The number of hydrogen-bond acceptors (Lipinski definition) is 6. The number of aromatic nitrogens is 3. The number of pyridine rings is 1. The summed E-state index contributed by atoms with van der Waals surface area (Å²) in [5, 5.41) is 9.53. The van der Waals surface area contributed by atoms with Crippen LogP contribution in [-0.4, -0.2) is 26.4 Å². The molecule has 0 unspecified atom stereocenters. The summed E-state index contributed by atoms with van der Waals surface area (Å²) in [5.74, 6) is 0.666. The molecule has 0 radical (unpaired) electrons. The number of rotatable bonds is 6. The van der Waals surface area contributed by atoms with E-state index in [2.05, 4.69) is 139 Å². The van der Waals surface area contributed by atoms with Crippen molar-refractivity contribution in [3.8, 4) is 67.4 Å². The van der Waals surface area contributed by atoms with Crippen molar-refractivity contribution >= 4 is 41.2 Å². The molecule has 2 heterocycles. The first kappa shape index (κ1) is 32.2. The first-order valence-electron chi connectivity index (χ1n) is 17.4. The van der Waals surface area contributed by atoms with Crippen LogP contribution in [0.15, 0.2) is 174 Å². The van der Waals surface area contributed by atoms with E-state index in [9.17, 15) is 0 Å². The molecule has 0 aliphatic heterocycles. The lowest BCUT2D eigenvalue weighted by molar-refractivity contribution is 1.18. The fourth-order valence-corrected chi connectivity index (χ4v) is 7.19. The number of hydrogen-bond donors (Lipinski definition) is 2. The lowest BCUT2D eigenvalue weighted by Gasteiger charge is -2.20. The number of thiol groups is 1. The van der Waals surface area contributed by atoms with Crippen LogP contribution in [0, 0.1) is 5.41 Å². The highest BCUT2D eigenvalue weighted by Gasteiger charge is 2.24. The Morgan fingerprint density at radius 1 is 0.453 bits per heavy atom. The largest absolute Gasteiger partial charge is 0.299 e. The van der Waals surface area contributed by atoms with Gasteiger partial charge in [0.1, 0.15) is 5.71 Å². The van der Waals surface area contributed by atoms with Crippen LogP contribution >= 0.6 is 12.8 Å². The molecule has 1 aliphatic carbocycles. The van der Waals surface area contributed by atoms with Gasteiger partial charge in [-0.2, -0.15) is 0 Å². The minimum Gasteiger partial charge on any atom is -0.299 e. The maximum atomic E-state index is 8.60. The number of allylic oxidation sites excluding steroid dienone is 1. The van der Waals surface area contributed by atoms with Gasteiger partial charge in [0.15, 0.2) is 5.82 Å². The molecule has 6 heteroatoms. The van der Waals surface area contributed by atoms with Crippen molar-refractivity contribution in [2.45, 2.75) is 0 Å². The van der Waals surface area contributed by atoms with E-state index in [1.807, 2.05) is 48.5 Å². The predicted molar refractivity (Wildman–Crippen MR) is 222 cm³/mol. The molecular weight excluding hydrogens is 667 g/mol. The quantitative estimate of drug-likeness (QED) is 0.170. The topological polar surface area (TPSA) is 74.9 Å². The van der Waals surface area contributed by atoms with Crippen molar-refractivity contribution < 1.29 is 0 Å². The molecular formula is C47H31N5S. The molecule has 0 fully saturated rings. The maximum absolute atomic E-state index is 8.60. The van der Waals surface area contributed by atoms with Gasteiger partial charge in [-0.1, -0.05) is 140 Å². The van der Waals surface area contributed by atoms with Crippen molar-refractivity contribution in [1.29, 1.82) is 5.41 Å². The minimum absolute atomic E-state index is 0.321. The zero-order valence-corrected chi connectivity index (χ0v) is 29.4. The van der Waals surface area contributed by atoms with E-state index in [0.717, 1.165) is 83.6 Å². The van der Waals surface area contributed by atoms with E-state index in [4.69, 9.17) is 20.4 Å². The first-order valence-corrected chi connectivity index (χ1v) is 17.8. The van der Waals surface area contributed by atoms with Gasteiger partial charge in [0.05, 0.1) is 28.3 Å². The third kappa shape index (κ3) is 6.15. The monoisotopic (exact) mass is 697 g/mol. The average molecular weight is 698 g/mol. The Morgan fingerprint density at radius 2 is 1.00 bits per heavy atom. The third-order valence-electron chi connectivity index (χ3n) is 9.59. The Kier molecular flexibility index (Phi) is 8.35. The fraction of sp³-hybridized carbons (Fsp3) is 0. The van der Waals surface area contributed by atoms with E-state index in [-0.39, 0.29) is 0 Å². The highest BCUT2D eigenvalue weighted by atomic mass is 32.1. The summed E-state index contributed by atoms with van der Waals surface area (Å²) in [6.07, 6.45) is 3.73. The summed E-state index contributed by atoms with van der Waals surface area (Å²) in [6.45, 7) is 0. The van der Waals surface area contributed by atoms with Crippen LogP contribution in [0.2, 0.25) is 0 Å². The molecule has 53 heavy (non-hydrogen) atoms. The van der Waals surface area contributed by atoms with Crippen LogP contribution in [0.3, 0.4) is 0 Å². The Morgan fingerprint density at radius 3 is 1.70 bits per heavy atom. The lowest BCUT2D eigenvalue weighted by Crippen LogP contribution is -2.18. The fourth-order valence-electron chi connectivity index (χ4n) is 6.98. The number of benzene rings is 6. The zero-order chi connectivity index (χ0) is 35.7. The molecule has 0 saturated carbocycles. The molecule has 250 valence electrons. The van der Waals surface area contributed by atoms with Gasteiger partial charge < -0.3 is 0 Å². The van der Waals surface area contributed by atoms with E-state index in [1.165, 1.54) is 0 Å². The second kappa shape index (κ2) is 13.8. The summed E-state index contributed by atoms with van der Waals surface area (Å²) >= 11 is 4.28. The van der Waals surface area contributed by atoms with Gasteiger partial charge in [-0.15, -0.1) is 0 Å². The molecule has 2 aromatic heterocycles. The summed E-state index contributed by atoms with van der Waals surface area (Å²) in [4.78, 5) is 15.5. The van der Waals surface area contributed by atoms with Crippen molar-refractivity contribution in [3.05, 3.63) is 181 Å². The van der Waals surface area contributed by atoms with Crippen LogP contribution in [0.4, 0.5) is 0 Å². The SMILES string of the molecule is N=C1C=Cc2c(-c3ccccc3)nc3cc(-c4cccc(-c5cc(-c6ccccc6)nc(-c6cccc(-c7ccccc7)c6)n5)c4)ccc3c2/C1=N/S. The van der Waals surface area contributed by atoms with Crippen LogP contribution in [0.1, 0.15) is 11.1 Å². The standard InChI is InChI=1S/C47H31N5S/c48-40-25-24-39-44(46(40)52-53)38-23-22-35(28-43(38)49-45(39)32-16-8-3-9-17-32)34-19-10-20-36(26-34)42-29-41(31-14-6-2-7-15-31)50-47(51-42)37-21-11-18-33(27-37)30-12-4-1-5-13-30/h1-29,48,53H/b48-40?,52-46+. The van der Waals surface area contributed by atoms with E-state index >= 15 is 0 Å².